The molecule has 0 spiro atoms. The average Bonchev–Trinajstić information content (AvgIpc) is 2.70. The van der Waals surface area contributed by atoms with Gasteiger partial charge in [0.2, 0.25) is 6.29 Å². The Morgan fingerprint density at radius 3 is 1.81 bits per heavy atom. The van der Waals surface area contributed by atoms with Gasteiger partial charge < -0.3 is 29.5 Å². The molecule has 174 valence electrons. The van der Waals surface area contributed by atoms with Crippen LogP contribution in [0.15, 0.2) is 24.3 Å². The summed E-state index contributed by atoms with van der Waals surface area (Å²) >= 11 is 0. The number of carboxylic acid groups (broad SMARTS) is 3. The number of carboxylic acids is 3. The second kappa shape index (κ2) is 10.7. The van der Waals surface area contributed by atoms with E-state index in [0.717, 1.165) is 7.11 Å². The monoisotopic (exact) mass is 452 g/mol. The van der Waals surface area contributed by atoms with Crippen LogP contribution in [0.2, 0.25) is 0 Å². The van der Waals surface area contributed by atoms with Gasteiger partial charge in [0, 0.05) is 23.8 Å². The van der Waals surface area contributed by atoms with Crippen molar-refractivity contribution in [3.63, 3.8) is 0 Å². The van der Waals surface area contributed by atoms with Crippen LogP contribution in [0, 0.1) is 17.8 Å². The summed E-state index contributed by atoms with van der Waals surface area (Å²) in [7, 11) is 1.06. The molecular weight excluding hydrogens is 428 g/mol. The van der Waals surface area contributed by atoms with Gasteiger partial charge in [0.25, 0.3) is 0 Å². The average molecular weight is 452 g/mol. The van der Waals surface area contributed by atoms with Crippen LogP contribution < -0.4 is 4.74 Å². The zero-order valence-electron chi connectivity index (χ0n) is 17.4. The summed E-state index contributed by atoms with van der Waals surface area (Å²) in [5, 5.41) is 28.1. The van der Waals surface area contributed by atoms with Crippen LogP contribution >= 0.6 is 0 Å². The standard InChI is InChI=1S/C21H24O11/c1-10(22)11-3-5-12(6-4-11)31-21-15(9-18(27)28)13(7-16(23)24)14(8-17(25)26)19(32-21)20(29)30-2/h3-6,13-15,19,21H,7-9H2,1-2H3,(H,23,24)(H,25,26)(H,27,28)/t13-,14-,15+,19-,21+/m0/s1. The number of hydrogen-bond donors (Lipinski definition) is 3. The molecule has 0 aliphatic carbocycles. The molecule has 0 radical (unpaired) electrons. The molecule has 0 bridgehead atoms. The first-order chi connectivity index (χ1) is 15.0. The minimum Gasteiger partial charge on any atom is -0.481 e. The Balaban J connectivity index is 2.47. The number of aliphatic carboxylic acids is 3. The summed E-state index contributed by atoms with van der Waals surface area (Å²) in [6.45, 7) is 1.38. The van der Waals surface area contributed by atoms with Gasteiger partial charge in [0.05, 0.1) is 20.0 Å². The molecule has 1 saturated heterocycles. The Morgan fingerprint density at radius 1 is 0.844 bits per heavy atom. The highest BCUT2D eigenvalue weighted by Gasteiger charge is 2.51. The summed E-state index contributed by atoms with van der Waals surface area (Å²) in [5.74, 6) is -8.11. The third-order valence-electron chi connectivity index (χ3n) is 5.30. The van der Waals surface area contributed by atoms with E-state index in [9.17, 15) is 39.3 Å². The second-order valence-electron chi connectivity index (χ2n) is 7.43. The van der Waals surface area contributed by atoms with Crippen LogP contribution in [0.25, 0.3) is 0 Å². The Bertz CT molecular complexity index is 876. The maximum absolute atomic E-state index is 12.3. The van der Waals surface area contributed by atoms with Gasteiger partial charge >= 0.3 is 23.9 Å². The summed E-state index contributed by atoms with van der Waals surface area (Å²) in [6, 6.07) is 5.85. The normalized spacial score (nSPS) is 24.9. The maximum Gasteiger partial charge on any atom is 0.335 e. The number of carbonyl (C=O) groups is 5. The molecule has 0 unspecified atom stereocenters. The van der Waals surface area contributed by atoms with Gasteiger partial charge in [-0.05, 0) is 37.1 Å². The minimum absolute atomic E-state index is 0.182. The third-order valence-corrected chi connectivity index (χ3v) is 5.30. The molecule has 1 aliphatic rings. The molecule has 1 aromatic carbocycles. The highest BCUT2D eigenvalue weighted by atomic mass is 16.7. The molecule has 11 heteroatoms. The van der Waals surface area contributed by atoms with Gasteiger partial charge in [-0.3, -0.25) is 19.2 Å². The van der Waals surface area contributed by atoms with Crippen LogP contribution in [0.5, 0.6) is 5.75 Å². The summed E-state index contributed by atoms with van der Waals surface area (Å²) < 4.78 is 16.1. The van der Waals surface area contributed by atoms with Crippen molar-refractivity contribution in [1.82, 2.24) is 0 Å². The molecular formula is C21H24O11. The number of Topliss-reactive ketones (excluding diaryl/α,β-unsaturated/α-hetero) is 1. The summed E-state index contributed by atoms with van der Waals surface area (Å²) in [4.78, 5) is 58.2. The number of hydrogen-bond acceptors (Lipinski definition) is 8. The van der Waals surface area contributed by atoms with Crippen molar-refractivity contribution in [3.8, 4) is 5.75 Å². The molecule has 11 nitrogen and oxygen atoms in total. The number of methoxy groups -OCH3 is 1. The largest absolute Gasteiger partial charge is 0.481 e. The molecule has 1 fully saturated rings. The van der Waals surface area contributed by atoms with E-state index in [2.05, 4.69) is 0 Å². The van der Waals surface area contributed by atoms with E-state index in [-0.39, 0.29) is 11.5 Å². The lowest BCUT2D eigenvalue weighted by Gasteiger charge is -2.44. The van der Waals surface area contributed by atoms with Crippen molar-refractivity contribution in [3.05, 3.63) is 29.8 Å². The molecule has 1 aromatic rings. The highest BCUT2D eigenvalue weighted by molar-refractivity contribution is 5.94. The van der Waals surface area contributed by atoms with Crippen molar-refractivity contribution in [2.45, 2.75) is 38.6 Å². The lowest BCUT2D eigenvalue weighted by molar-refractivity contribution is -0.233. The van der Waals surface area contributed by atoms with Crippen molar-refractivity contribution in [2.24, 2.45) is 17.8 Å². The number of esters is 1. The molecule has 5 atom stereocenters. The zero-order chi connectivity index (χ0) is 24.0. The van der Waals surface area contributed by atoms with Gasteiger partial charge in [-0.2, -0.15) is 0 Å². The Labute approximate surface area is 182 Å². The van der Waals surface area contributed by atoms with E-state index in [1.165, 1.54) is 31.2 Å². The molecule has 1 aliphatic heterocycles. The Kier molecular flexibility index (Phi) is 8.30. The topological polar surface area (TPSA) is 174 Å². The Morgan fingerprint density at radius 2 is 1.34 bits per heavy atom. The van der Waals surface area contributed by atoms with E-state index in [1.54, 1.807) is 0 Å². The van der Waals surface area contributed by atoms with Gasteiger partial charge in [-0.1, -0.05) is 0 Å². The van der Waals surface area contributed by atoms with Gasteiger partial charge in [-0.25, -0.2) is 4.79 Å². The van der Waals surface area contributed by atoms with Crippen LogP contribution in [0.3, 0.4) is 0 Å². The number of rotatable bonds is 10. The fraction of sp³-hybridized carbons (Fsp3) is 0.476. The summed E-state index contributed by atoms with van der Waals surface area (Å²) in [5.41, 5.74) is 0.404. The first-order valence-corrected chi connectivity index (χ1v) is 9.69. The molecule has 3 N–H and O–H groups in total. The summed E-state index contributed by atoms with van der Waals surface area (Å²) in [6.07, 6.45) is -4.68. The van der Waals surface area contributed by atoms with Gasteiger partial charge in [0.1, 0.15) is 5.75 Å². The van der Waals surface area contributed by atoms with Crippen LogP contribution in [-0.2, 0) is 28.7 Å². The van der Waals surface area contributed by atoms with Crippen LogP contribution in [0.4, 0.5) is 0 Å². The first-order valence-electron chi connectivity index (χ1n) is 9.69. The van der Waals surface area contributed by atoms with Crippen molar-refractivity contribution in [1.29, 1.82) is 0 Å². The van der Waals surface area contributed by atoms with E-state index in [0.29, 0.717) is 5.56 Å². The quantitative estimate of drug-likeness (QED) is 0.346. The van der Waals surface area contributed by atoms with E-state index in [4.69, 9.17) is 14.2 Å². The van der Waals surface area contributed by atoms with Crippen molar-refractivity contribution < 1.29 is 53.5 Å². The van der Waals surface area contributed by atoms with E-state index in [1.807, 2.05) is 0 Å². The van der Waals surface area contributed by atoms with Gasteiger partial charge in [0.15, 0.2) is 11.9 Å². The molecule has 0 amide bonds. The predicted octanol–water partition coefficient (Wildman–Crippen LogP) is 1.44. The fourth-order valence-electron chi connectivity index (χ4n) is 3.87. The van der Waals surface area contributed by atoms with Crippen molar-refractivity contribution in [2.75, 3.05) is 7.11 Å². The van der Waals surface area contributed by atoms with E-state index >= 15 is 0 Å². The highest BCUT2D eigenvalue weighted by Crippen LogP contribution is 2.42. The molecule has 0 aromatic heterocycles. The lowest BCUT2D eigenvalue weighted by Crippen LogP contribution is -2.54. The first kappa shape index (κ1) is 24.8. The number of carbonyl (C=O) groups excluding carboxylic acids is 2. The minimum atomic E-state index is -1.48. The fourth-order valence-corrected chi connectivity index (χ4v) is 3.87. The molecule has 2 rings (SSSR count). The third kappa shape index (κ3) is 6.27. The SMILES string of the molecule is COC(=O)[C@H]1O[C@@H](Oc2ccc(C(C)=O)cc2)[C@H](CC(=O)O)[C@@H](CC(=O)O)[C@@H]1CC(=O)O. The molecule has 1 heterocycles. The number of benzene rings is 1. The lowest BCUT2D eigenvalue weighted by atomic mass is 9.71. The van der Waals surface area contributed by atoms with Crippen molar-refractivity contribution >= 4 is 29.7 Å². The van der Waals surface area contributed by atoms with Crippen LogP contribution in [-0.4, -0.2) is 64.5 Å². The smallest absolute Gasteiger partial charge is 0.335 e. The zero-order valence-corrected chi connectivity index (χ0v) is 17.4. The second-order valence-corrected chi connectivity index (χ2v) is 7.43. The predicted molar refractivity (Wildman–Crippen MR) is 105 cm³/mol. The Hall–Kier alpha value is -3.47. The molecule has 32 heavy (non-hydrogen) atoms. The maximum atomic E-state index is 12.3. The molecule has 0 saturated carbocycles. The van der Waals surface area contributed by atoms with Gasteiger partial charge in [-0.15, -0.1) is 0 Å². The van der Waals surface area contributed by atoms with E-state index < -0.39 is 73.3 Å². The number of ether oxygens (including phenoxy) is 3. The number of ketones is 1. The van der Waals surface area contributed by atoms with Crippen LogP contribution in [0.1, 0.15) is 36.5 Å².